The van der Waals surface area contributed by atoms with Gasteiger partial charge in [-0.1, -0.05) is 12.8 Å². The number of ether oxygens (including phenoxy) is 1. The van der Waals surface area contributed by atoms with E-state index in [1.54, 1.807) is 13.3 Å². The number of aryl methyl sites for hydroxylation is 1. The number of anilines is 1. The van der Waals surface area contributed by atoms with Gasteiger partial charge in [0.15, 0.2) is 0 Å². The SMILES string of the molecule is COc1nc2c(cc1CNc1nccc(C)n1)C(=O)N(C1CCCC1)C2. The van der Waals surface area contributed by atoms with Crippen molar-refractivity contribution >= 4 is 11.9 Å². The van der Waals surface area contributed by atoms with Crippen LogP contribution in [0.5, 0.6) is 5.88 Å². The van der Waals surface area contributed by atoms with E-state index in [1.807, 2.05) is 24.0 Å². The molecular weight excluding hydrogens is 330 g/mol. The third-order valence-electron chi connectivity index (χ3n) is 5.14. The zero-order valence-corrected chi connectivity index (χ0v) is 15.2. The lowest BCUT2D eigenvalue weighted by Crippen LogP contribution is -2.33. The average molecular weight is 353 g/mol. The predicted octanol–water partition coefficient (Wildman–Crippen LogP) is 2.70. The Hall–Kier alpha value is -2.70. The minimum atomic E-state index is 0.0927. The molecule has 2 aromatic rings. The molecule has 1 fully saturated rings. The molecule has 0 bridgehead atoms. The number of nitrogens with one attached hydrogen (secondary N) is 1. The highest BCUT2D eigenvalue weighted by Crippen LogP contribution is 2.33. The first-order valence-corrected chi connectivity index (χ1v) is 9.07. The van der Waals surface area contributed by atoms with Crippen molar-refractivity contribution in [3.05, 3.63) is 40.8 Å². The van der Waals surface area contributed by atoms with Crippen molar-refractivity contribution in [3.8, 4) is 5.88 Å². The van der Waals surface area contributed by atoms with Crippen LogP contribution in [0.4, 0.5) is 5.95 Å². The molecule has 0 atom stereocenters. The lowest BCUT2D eigenvalue weighted by atomic mass is 10.1. The zero-order chi connectivity index (χ0) is 18.1. The molecule has 7 nitrogen and oxygen atoms in total. The Bertz CT molecular complexity index is 833. The summed E-state index contributed by atoms with van der Waals surface area (Å²) in [5, 5.41) is 3.18. The number of hydrogen-bond donors (Lipinski definition) is 1. The van der Waals surface area contributed by atoms with Gasteiger partial charge in [-0.3, -0.25) is 4.79 Å². The van der Waals surface area contributed by atoms with Gasteiger partial charge in [0.05, 0.1) is 24.9 Å². The summed E-state index contributed by atoms with van der Waals surface area (Å²) in [6.07, 6.45) is 6.30. The van der Waals surface area contributed by atoms with E-state index in [0.717, 1.165) is 29.8 Å². The van der Waals surface area contributed by atoms with Crippen LogP contribution in [0.1, 0.15) is 53.0 Å². The maximum absolute atomic E-state index is 12.9. The molecule has 0 radical (unpaired) electrons. The van der Waals surface area contributed by atoms with Crippen molar-refractivity contribution in [2.75, 3.05) is 12.4 Å². The van der Waals surface area contributed by atoms with Crippen LogP contribution in [0.2, 0.25) is 0 Å². The van der Waals surface area contributed by atoms with Gasteiger partial charge in [0.2, 0.25) is 11.8 Å². The largest absolute Gasteiger partial charge is 0.481 e. The summed E-state index contributed by atoms with van der Waals surface area (Å²) in [5.74, 6) is 1.19. The van der Waals surface area contributed by atoms with E-state index in [-0.39, 0.29) is 5.91 Å². The van der Waals surface area contributed by atoms with Gasteiger partial charge in [0.1, 0.15) is 0 Å². The van der Waals surface area contributed by atoms with Crippen molar-refractivity contribution in [3.63, 3.8) is 0 Å². The Balaban J connectivity index is 1.56. The summed E-state index contributed by atoms with van der Waals surface area (Å²) >= 11 is 0. The molecule has 7 heteroatoms. The monoisotopic (exact) mass is 353 g/mol. The van der Waals surface area contributed by atoms with Crippen molar-refractivity contribution in [1.29, 1.82) is 0 Å². The van der Waals surface area contributed by atoms with E-state index in [0.29, 0.717) is 36.5 Å². The van der Waals surface area contributed by atoms with E-state index >= 15 is 0 Å². The molecule has 1 aliphatic carbocycles. The summed E-state index contributed by atoms with van der Waals surface area (Å²) in [6.45, 7) is 2.95. The van der Waals surface area contributed by atoms with Crippen LogP contribution in [0.15, 0.2) is 18.3 Å². The smallest absolute Gasteiger partial charge is 0.256 e. The zero-order valence-electron chi connectivity index (χ0n) is 15.2. The second kappa shape index (κ2) is 6.90. The van der Waals surface area contributed by atoms with E-state index in [4.69, 9.17) is 4.74 Å². The van der Waals surface area contributed by atoms with Crippen LogP contribution < -0.4 is 10.1 Å². The molecular formula is C19H23N5O2. The molecule has 1 amide bonds. The van der Waals surface area contributed by atoms with E-state index in [9.17, 15) is 4.79 Å². The Morgan fingerprint density at radius 1 is 1.31 bits per heavy atom. The summed E-state index contributed by atoms with van der Waals surface area (Å²) in [5.41, 5.74) is 3.23. The van der Waals surface area contributed by atoms with Crippen LogP contribution in [0.3, 0.4) is 0 Å². The van der Waals surface area contributed by atoms with Crippen LogP contribution in [-0.2, 0) is 13.1 Å². The van der Waals surface area contributed by atoms with Crippen LogP contribution >= 0.6 is 0 Å². The standard InChI is InChI=1S/C19H23N5O2/c1-12-7-8-20-19(22-12)21-10-13-9-15-16(23-17(13)26-2)11-24(18(15)25)14-5-3-4-6-14/h7-9,14H,3-6,10-11H2,1-2H3,(H,20,21,22). The molecule has 1 saturated carbocycles. The molecule has 4 rings (SSSR count). The van der Waals surface area contributed by atoms with Gasteiger partial charge in [0, 0.05) is 30.0 Å². The average Bonchev–Trinajstić information content (AvgIpc) is 3.27. The summed E-state index contributed by atoms with van der Waals surface area (Å²) in [6, 6.07) is 4.10. The molecule has 2 aliphatic rings. The van der Waals surface area contributed by atoms with Crippen LogP contribution in [-0.4, -0.2) is 38.9 Å². The molecule has 26 heavy (non-hydrogen) atoms. The van der Waals surface area contributed by atoms with Crippen LogP contribution in [0.25, 0.3) is 0 Å². The number of pyridine rings is 1. The number of methoxy groups -OCH3 is 1. The van der Waals surface area contributed by atoms with E-state index in [1.165, 1.54) is 12.8 Å². The highest BCUT2D eigenvalue weighted by Gasteiger charge is 2.35. The second-order valence-corrected chi connectivity index (χ2v) is 6.90. The maximum Gasteiger partial charge on any atom is 0.256 e. The molecule has 0 unspecified atom stereocenters. The number of hydrogen-bond acceptors (Lipinski definition) is 6. The first kappa shape index (κ1) is 16.8. The second-order valence-electron chi connectivity index (χ2n) is 6.90. The number of nitrogens with zero attached hydrogens (tertiary/aromatic N) is 4. The Morgan fingerprint density at radius 2 is 2.12 bits per heavy atom. The normalized spacial score (nSPS) is 16.8. The fraction of sp³-hybridized carbons (Fsp3) is 0.474. The highest BCUT2D eigenvalue weighted by atomic mass is 16.5. The van der Waals surface area contributed by atoms with Crippen molar-refractivity contribution in [1.82, 2.24) is 19.9 Å². The van der Waals surface area contributed by atoms with Gasteiger partial charge < -0.3 is 15.0 Å². The van der Waals surface area contributed by atoms with E-state index in [2.05, 4.69) is 20.3 Å². The Morgan fingerprint density at radius 3 is 2.85 bits per heavy atom. The first-order valence-electron chi connectivity index (χ1n) is 9.07. The predicted molar refractivity (Wildman–Crippen MR) is 97.0 cm³/mol. The highest BCUT2D eigenvalue weighted by molar-refractivity contribution is 5.98. The van der Waals surface area contributed by atoms with Crippen molar-refractivity contribution < 1.29 is 9.53 Å². The Kier molecular flexibility index (Phi) is 4.44. The van der Waals surface area contributed by atoms with E-state index < -0.39 is 0 Å². The summed E-state index contributed by atoms with van der Waals surface area (Å²) in [7, 11) is 1.60. The number of carbonyl (C=O) groups is 1. The maximum atomic E-state index is 12.9. The number of carbonyl (C=O) groups excluding carboxylic acids is 1. The van der Waals surface area contributed by atoms with Gasteiger partial charge in [0.25, 0.3) is 5.91 Å². The molecule has 1 aliphatic heterocycles. The molecule has 2 aromatic heterocycles. The Labute approximate surface area is 152 Å². The third-order valence-corrected chi connectivity index (χ3v) is 5.14. The lowest BCUT2D eigenvalue weighted by Gasteiger charge is -2.22. The topological polar surface area (TPSA) is 80.2 Å². The minimum Gasteiger partial charge on any atom is -0.481 e. The molecule has 3 heterocycles. The summed E-state index contributed by atoms with van der Waals surface area (Å²) in [4.78, 5) is 28.0. The fourth-order valence-electron chi connectivity index (χ4n) is 3.79. The van der Waals surface area contributed by atoms with Gasteiger partial charge >= 0.3 is 0 Å². The van der Waals surface area contributed by atoms with Gasteiger partial charge in [-0.25, -0.2) is 15.0 Å². The molecule has 136 valence electrons. The lowest BCUT2D eigenvalue weighted by molar-refractivity contribution is 0.0706. The van der Waals surface area contributed by atoms with Crippen molar-refractivity contribution in [2.45, 2.75) is 51.7 Å². The molecule has 0 aromatic carbocycles. The summed E-state index contributed by atoms with van der Waals surface area (Å²) < 4.78 is 5.46. The molecule has 0 spiro atoms. The molecule has 1 N–H and O–H groups in total. The number of fused-ring (bicyclic) bond motifs is 1. The quantitative estimate of drug-likeness (QED) is 0.890. The first-order chi connectivity index (χ1) is 12.7. The fourth-order valence-corrected chi connectivity index (χ4v) is 3.79. The van der Waals surface area contributed by atoms with Gasteiger partial charge in [-0.15, -0.1) is 0 Å². The number of amides is 1. The minimum absolute atomic E-state index is 0.0927. The number of rotatable bonds is 5. The van der Waals surface area contributed by atoms with Gasteiger partial charge in [-0.2, -0.15) is 0 Å². The number of aromatic nitrogens is 3. The van der Waals surface area contributed by atoms with Gasteiger partial charge in [-0.05, 0) is 31.9 Å². The molecule has 0 saturated heterocycles. The third kappa shape index (κ3) is 3.09. The van der Waals surface area contributed by atoms with Crippen molar-refractivity contribution in [2.24, 2.45) is 0 Å². The van der Waals surface area contributed by atoms with Crippen LogP contribution in [0, 0.1) is 6.92 Å².